The average molecular weight is 353 g/mol. The molecule has 0 bridgehead atoms. The average Bonchev–Trinajstić information content (AvgIpc) is 2.34. The SMILES string of the molecule is C=C(C)C(=O)OCCC(C[N+](C)(C)C)OP(=O)(O)O.C=CCN. The number of ether oxygens (including phenoxy) is 1. The van der Waals surface area contributed by atoms with Crippen LogP contribution in [-0.2, 0) is 18.6 Å². The summed E-state index contributed by atoms with van der Waals surface area (Å²) < 4.78 is 20.9. The molecule has 0 spiro atoms. The second-order valence-electron chi connectivity index (χ2n) is 5.92. The third kappa shape index (κ3) is 18.9. The molecule has 4 N–H and O–H groups in total. The summed E-state index contributed by atoms with van der Waals surface area (Å²) in [5.74, 6) is -0.528. The summed E-state index contributed by atoms with van der Waals surface area (Å²) in [6, 6.07) is 0. The van der Waals surface area contributed by atoms with Crippen LogP contribution in [0.1, 0.15) is 13.3 Å². The van der Waals surface area contributed by atoms with Gasteiger partial charge in [0, 0.05) is 18.5 Å². The van der Waals surface area contributed by atoms with E-state index in [1.54, 1.807) is 6.08 Å². The molecule has 0 aliphatic carbocycles. The number of nitrogens with two attached hydrogens (primary N) is 1. The van der Waals surface area contributed by atoms with E-state index < -0.39 is 19.9 Å². The van der Waals surface area contributed by atoms with E-state index in [0.29, 0.717) is 17.6 Å². The van der Waals surface area contributed by atoms with Gasteiger partial charge in [-0.3, -0.25) is 4.52 Å². The van der Waals surface area contributed by atoms with E-state index >= 15 is 0 Å². The van der Waals surface area contributed by atoms with Gasteiger partial charge in [-0.25, -0.2) is 9.36 Å². The number of hydrogen-bond donors (Lipinski definition) is 3. The predicted octanol–water partition coefficient (Wildman–Crippen LogP) is 0.811. The standard InChI is InChI=1S/C11H22NO6P.C3H7N/c1-9(2)11(13)17-7-6-10(8-12(3,4)5)18-19(14,15)16;1-2-3-4/h10H,1,6-8H2,2-5H3,(H-,14,15,16);2H,1,3-4H2/p+1. The smallest absolute Gasteiger partial charge is 0.462 e. The molecular formula is C14H30N2O6P+. The van der Waals surface area contributed by atoms with Crippen LogP contribution >= 0.6 is 7.82 Å². The Balaban J connectivity index is 0. The summed E-state index contributed by atoms with van der Waals surface area (Å²) in [6.45, 7) is 9.31. The quantitative estimate of drug-likeness (QED) is 0.184. The van der Waals surface area contributed by atoms with E-state index in [9.17, 15) is 9.36 Å². The van der Waals surface area contributed by atoms with Crippen LogP contribution < -0.4 is 5.73 Å². The first-order valence-corrected chi connectivity index (χ1v) is 8.53. The topological polar surface area (TPSA) is 119 Å². The number of phosphoric ester groups is 1. The van der Waals surface area contributed by atoms with Crippen molar-refractivity contribution in [1.29, 1.82) is 0 Å². The molecule has 0 aromatic rings. The fraction of sp³-hybridized carbons (Fsp3) is 0.643. The van der Waals surface area contributed by atoms with Gasteiger partial charge in [0.1, 0.15) is 12.6 Å². The van der Waals surface area contributed by atoms with Gasteiger partial charge in [-0.1, -0.05) is 12.7 Å². The van der Waals surface area contributed by atoms with E-state index in [-0.39, 0.29) is 18.6 Å². The van der Waals surface area contributed by atoms with Crippen LogP contribution in [-0.4, -0.2) is 67.2 Å². The number of carbonyl (C=O) groups is 1. The Bertz CT molecular complexity index is 427. The molecule has 0 amide bonds. The van der Waals surface area contributed by atoms with Gasteiger partial charge in [-0.15, -0.1) is 6.58 Å². The van der Waals surface area contributed by atoms with Crippen LogP contribution in [0.4, 0.5) is 0 Å². The van der Waals surface area contributed by atoms with Gasteiger partial charge in [0.15, 0.2) is 0 Å². The molecule has 0 saturated carbocycles. The molecule has 0 aromatic carbocycles. The van der Waals surface area contributed by atoms with Gasteiger partial charge in [-0.2, -0.15) is 0 Å². The minimum absolute atomic E-state index is 0.0242. The molecule has 1 atom stereocenters. The Kier molecular flexibility index (Phi) is 12.1. The monoisotopic (exact) mass is 353 g/mol. The Morgan fingerprint density at radius 2 is 1.87 bits per heavy atom. The minimum atomic E-state index is -4.56. The molecule has 0 rings (SSSR count). The van der Waals surface area contributed by atoms with Crippen molar-refractivity contribution in [2.45, 2.75) is 19.4 Å². The number of hydrogen-bond acceptors (Lipinski definition) is 5. The first-order valence-electron chi connectivity index (χ1n) is 7.00. The van der Waals surface area contributed by atoms with E-state index in [1.165, 1.54) is 6.92 Å². The second kappa shape index (κ2) is 11.5. The van der Waals surface area contributed by atoms with Gasteiger partial charge in [-0.05, 0) is 6.92 Å². The Labute approximate surface area is 138 Å². The lowest BCUT2D eigenvalue weighted by Gasteiger charge is -2.29. The molecule has 0 radical (unpaired) electrons. The van der Waals surface area contributed by atoms with Gasteiger partial charge in [0.2, 0.25) is 0 Å². The Hall–Kier alpha value is -1.02. The second-order valence-corrected chi connectivity index (χ2v) is 7.11. The lowest BCUT2D eigenvalue weighted by Crippen LogP contribution is -2.42. The highest BCUT2D eigenvalue weighted by molar-refractivity contribution is 7.46. The van der Waals surface area contributed by atoms with Crippen molar-refractivity contribution in [1.82, 2.24) is 0 Å². The van der Waals surface area contributed by atoms with Crippen molar-refractivity contribution in [2.75, 3.05) is 40.8 Å². The molecule has 1 unspecified atom stereocenters. The third-order valence-corrected chi connectivity index (χ3v) is 2.80. The van der Waals surface area contributed by atoms with E-state index in [0.717, 1.165) is 0 Å². The van der Waals surface area contributed by atoms with Gasteiger partial charge >= 0.3 is 13.8 Å². The van der Waals surface area contributed by atoms with Crippen molar-refractivity contribution in [3.05, 3.63) is 24.8 Å². The van der Waals surface area contributed by atoms with Crippen molar-refractivity contribution in [3.8, 4) is 0 Å². The fourth-order valence-electron chi connectivity index (χ4n) is 1.39. The van der Waals surface area contributed by atoms with Crippen molar-refractivity contribution in [3.63, 3.8) is 0 Å². The maximum atomic E-state index is 11.2. The number of quaternary nitrogens is 1. The normalized spacial score (nSPS) is 12.7. The zero-order valence-electron chi connectivity index (χ0n) is 14.4. The third-order valence-electron chi connectivity index (χ3n) is 2.23. The lowest BCUT2D eigenvalue weighted by molar-refractivity contribution is -0.873. The first-order chi connectivity index (χ1) is 10.3. The maximum absolute atomic E-state index is 11.2. The molecule has 0 aromatic heterocycles. The highest BCUT2D eigenvalue weighted by Crippen LogP contribution is 2.38. The summed E-state index contributed by atoms with van der Waals surface area (Å²) >= 11 is 0. The number of likely N-dealkylation sites (N-methyl/N-ethyl adjacent to an activating group) is 1. The van der Waals surface area contributed by atoms with Crippen LogP contribution in [0.25, 0.3) is 0 Å². The van der Waals surface area contributed by atoms with Gasteiger partial charge < -0.3 is 24.7 Å². The van der Waals surface area contributed by atoms with Gasteiger partial charge in [0.25, 0.3) is 0 Å². The highest BCUT2D eigenvalue weighted by Gasteiger charge is 2.27. The van der Waals surface area contributed by atoms with Crippen molar-refractivity contribution >= 4 is 13.8 Å². The van der Waals surface area contributed by atoms with Crippen molar-refractivity contribution < 1.29 is 32.9 Å². The predicted molar refractivity (Wildman–Crippen MR) is 89.5 cm³/mol. The number of phosphoric acid groups is 1. The van der Waals surface area contributed by atoms with E-state index in [1.807, 2.05) is 21.1 Å². The van der Waals surface area contributed by atoms with E-state index in [4.69, 9.17) is 24.8 Å². The van der Waals surface area contributed by atoms with Crippen LogP contribution in [0.3, 0.4) is 0 Å². The lowest BCUT2D eigenvalue weighted by atomic mass is 10.2. The molecule has 8 nitrogen and oxygen atoms in total. The first kappa shape index (κ1) is 24.2. The van der Waals surface area contributed by atoms with E-state index in [2.05, 4.69) is 13.2 Å². The molecule has 0 aliphatic heterocycles. The molecular weight excluding hydrogens is 323 g/mol. The summed E-state index contributed by atoms with van der Waals surface area (Å²) in [5, 5.41) is 0. The molecule has 136 valence electrons. The summed E-state index contributed by atoms with van der Waals surface area (Å²) in [5.41, 5.74) is 5.19. The summed E-state index contributed by atoms with van der Waals surface area (Å²) in [6.07, 6.45) is 1.17. The number of nitrogens with zero attached hydrogens (tertiary/aromatic N) is 1. The molecule has 0 fully saturated rings. The van der Waals surface area contributed by atoms with Gasteiger partial charge in [0.05, 0.1) is 27.7 Å². The van der Waals surface area contributed by atoms with Crippen LogP contribution in [0, 0.1) is 0 Å². The van der Waals surface area contributed by atoms with Crippen molar-refractivity contribution in [2.24, 2.45) is 5.73 Å². The number of rotatable bonds is 9. The number of carbonyl (C=O) groups excluding carboxylic acids is 1. The largest absolute Gasteiger partial charge is 0.470 e. The Morgan fingerprint density at radius 1 is 1.39 bits per heavy atom. The summed E-state index contributed by atoms with van der Waals surface area (Å²) in [4.78, 5) is 28.9. The zero-order chi connectivity index (χ0) is 18.7. The maximum Gasteiger partial charge on any atom is 0.470 e. The molecule has 0 heterocycles. The molecule has 0 saturated heterocycles. The minimum Gasteiger partial charge on any atom is -0.462 e. The molecule has 0 aliphatic rings. The van der Waals surface area contributed by atoms with Crippen LogP contribution in [0.15, 0.2) is 24.8 Å². The van der Waals surface area contributed by atoms with Crippen LogP contribution in [0.5, 0.6) is 0 Å². The van der Waals surface area contributed by atoms with Crippen LogP contribution in [0.2, 0.25) is 0 Å². The zero-order valence-corrected chi connectivity index (χ0v) is 15.3. The highest BCUT2D eigenvalue weighted by atomic mass is 31.2. The molecule has 9 heteroatoms. The number of esters is 1. The Morgan fingerprint density at radius 3 is 2.17 bits per heavy atom. The fourth-order valence-corrected chi connectivity index (χ4v) is 1.95. The molecule has 23 heavy (non-hydrogen) atoms. The summed E-state index contributed by atoms with van der Waals surface area (Å²) in [7, 11) is 1.05.